The molecule has 1 fully saturated rings. The molecule has 1 aromatic rings. The summed E-state index contributed by atoms with van der Waals surface area (Å²) >= 11 is 0. The van der Waals surface area contributed by atoms with Gasteiger partial charge >= 0.3 is 0 Å². The van der Waals surface area contributed by atoms with E-state index in [0.29, 0.717) is 11.9 Å². The van der Waals surface area contributed by atoms with Crippen molar-refractivity contribution in [3.05, 3.63) is 12.4 Å². The summed E-state index contributed by atoms with van der Waals surface area (Å²) in [6.45, 7) is 1.06. The Labute approximate surface area is 82.3 Å². The van der Waals surface area contributed by atoms with Crippen molar-refractivity contribution < 1.29 is 4.79 Å². The Balaban J connectivity index is 1.78. The molecule has 14 heavy (non-hydrogen) atoms. The van der Waals surface area contributed by atoms with Gasteiger partial charge in [-0.3, -0.25) is 4.79 Å². The number of nitrogens with two attached hydrogens (primary N) is 1. The highest BCUT2D eigenvalue weighted by molar-refractivity contribution is 5.76. The maximum absolute atomic E-state index is 11.4. The molecule has 0 radical (unpaired) electrons. The Morgan fingerprint density at radius 3 is 3.07 bits per heavy atom. The number of amides is 1. The summed E-state index contributed by atoms with van der Waals surface area (Å²) in [4.78, 5) is 15.2. The van der Waals surface area contributed by atoms with Crippen LogP contribution in [0.2, 0.25) is 0 Å². The number of hydrogen-bond donors (Lipinski definition) is 2. The molecule has 76 valence electrons. The molecule has 3 N–H and O–H groups in total. The summed E-state index contributed by atoms with van der Waals surface area (Å²) in [5.41, 5.74) is 5.53. The first-order valence-corrected chi connectivity index (χ1v) is 4.79. The number of carbonyl (C=O) groups is 1. The smallest absolute Gasteiger partial charge is 0.240 e. The molecule has 0 saturated heterocycles. The quantitative estimate of drug-likeness (QED) is 0.708. The lowest BCUT2D eigenvalue weighted by Gasteiger charge is -2.05. The maximum Gasteiger partial charge on any atom is 0.240 e. The molecule has 1 aromatic heterocycles. The van der Waals surface area contributed by atoms with E-state index in [1.54, 1.807) is 17.0 Å². The summed E-state index contributed by atoms with van der Waals surface area (Å²) in [6.07, 6.45) is 5.77. The standard InChI is InChI=1S/C9H14N4O/c10-9-11-3-4-13(9)6-8(14)12-5-7-1-2-7/h3-4,7H,1-2,5-6H2,(H2,10,11)(H,12,14). The third-order valence-corrected chi connectivity index (χ3v) is 2.35. The number of nitrogens with zero attached hydrogens (tertiary/aromatic N) is 2. The topological polar surface area (TPSA) is 72.9 Å². The maximum atomic E-state index is 11.4. The van der Waals surface area contributed by atoms with Gasteiger partial charge in [-0.15, -0.1) is 0 Å². The highest BCUT2D eigenvalue weighted by atomic mass is 16.1. The van der Waals surface area contributed by atoms with E-state index >= 15 is 0 Å². The van der Waals surface area contributed by atoms with Crippen molar-refractivity contribution in [2.45, 2.75) is 19.4 Å². The van der Waals surface area contributed by atoms with Gasteiger partial charge in [0.05, 0.1) is 0 Å². The van der Waals surface area contributed by atoms with E-state index in [1.807, 2.05) is 0 Å². The molecule has 0 atom stereocenters. The van der Waals surface area contributed by atoms with Gasteiger partial charge in [-0.1, -0.05) is 0 Å². The first-order valence-electron chi connectivity index (χ1n) is 4.79. The van der Waals surface area contributed by atoms with E-state index in [0.717, 1.165) is 6.54 Å². The number of rotatable bonds is 4. The normalized spacial score (nSPS) is 15.4. The Morgan fingerprint density at radius 2 is 2.50 bits per heavy atom. The average molecular weight is 194 g/mol. The summed E-state index contributed by atoms with van der Waals surface area (Å²) in [6, 6.07) is 0. The van der Waals surface area contributed by atoms with Crippen LogP contribution in [0.1, 0.15) is 12.8 Å². The largest absolute Gasteiger partial charge is 0.369 e. The third kappa shape index (κ3) is 2.25. The first kappa shape index (κ1) is 9.05. The van der Waals surface area contributed by atoms with Gasteiger partial charge in [0, 0.05) is 18.9 Å². The SMILES string of the molecule is Nc1nccn1CC(=O)NCC1CC1. The van der Waals surface area contributed by atoms with Gasteiger partial charge in [0.15, 0.2) is 0 Å². The number of aromatic nitrogens is 2. The third-order valence-electron chi connectivity index (χ3n) is 2.35. The minimum absolute atomic E-state index is 0.00148. The Bertz CT molecular complexity index is 329. The number of nitrogen functional groups attached to an aromatic ring is 1. The molecule has 2 rings (SSSR count). The molecule has 0 unspecified atom stereocenters. The molecular formula is C9H14N4O. The van der Waals surface area contributed by atoms with Crippen LogP contribution in [0, 0.1) is 5.92 Å². The first-order chi connectivity index (χ1) is 6.75. The Kier molecular flexibility index (Phi) is 2.39. The van der Waals surface area contributed by atoms with Gasteiger partial charge in [0.25, 0.3) is 0 Å². The second kappa shape index (κ2) is 3.69. The predicted octanol–water partition coefficient (Wildman–Crippen LogP) is -0.00850. The van der Waals surface area contributed by atoms with Gasteiger partial charge in [-0.2, -0.15) is 0 Å². The van der Waals surface area contributed by atoms with Crippen LogP contribution in [0.3, 0.4) is 0 Å². The Hall–Kier alpha value is -1.52. The van der Waals surface area contributed by atoms with E-state index in [4.69, 9.17) is 5.73 Å². The lowest BCUT2D eigenvalue weighted by atomic mass is 10.4. The minimum atomic E-state index is 0.00148. The van der Waals surface area contributed by atoms with Gasteiger partial charge in [0.2, 0.25) is 11.9 Å². The van der Waals surface area contributed by atoms with Crippen molar-refractivity contribution in [1.82, 2.24) is 14.9 Å². The average Bonchev–Trinajstić information content (AvgIpc) is 2.90. The molecule has 1 amide bonds. The number of nitrogens with one attached hydrogen (secondary N) is 1. The monoisotopic (exact) mass is 194 g/mol. The number of carbonyl (C=O) groups excluding carboxylic acids is 1. The number of imidazole rings is 1. The number of anilines is 1. The zero-order valence-corrected chi connectivity index (χ0v) is 7.94. The van der Waals surface area contributed by atoms with Crippen LogP contribution in [0.4, 0.5) is 5.95 Å². The highest BCUT2D eigenvalue weighted by Gasteiger charge is 2.21. The van der Waals surface area contributed by atoms with Crippen LogP contribution >= 0.6 is 0 Å². The van der Waals surface area contributed by atoms with Crippen LogP contribution in [-0.2, 0) is 11.3 Å². The van der Waals surface area contributed by atoms with Crippen molar-refractivity contribution in [3.63, 3.8) is 0 Å². The number of hydrogen-bond acceptors (Lipinski definition) is 3. The summed E-state index contributed by atoms with van der Waals surface area (Å²) in [5.74, 6) is 1.09. The molecule has 0 spiro atoms. The van der Waals surface area contributed by atoms with Crippen LogP contribution in [0.15, 0.2) is 12.4 Å². The second-order valence-electron chi connectivity index (χ2n) is 3.66. The summed E-state index contributed by atoms with van der Waals surface area (Å²) < 4.78 is 1.63. The summed E-state index contributed by atoms with van der Waals surface area (Å²) in [7, 11) is 0. The fourth-order valence-corrected chi connectivity index (χ4v) is 1.27. The zero-order chi connectivity index (χ0) is 9.97. The van der Waals surface area contributed by atoms with Crippen molar-refractivity contribution in [1.29, 1.82) is 0 Å². The van der Waals surface area contributed by atoms with E-state index < -0.39 is 0 Å². The fourth-order valence-electron chi connectivity index (χ4n) is 1.27. The van der Waals surface area contributed by atoms with Gasteiger partial charge < -0.3 is 15.6 Å². The molecule has 5 heteroatoms. The highest BCUT2D eigenvalue weighted by Crippen LogP contribution is 2.27. The lowest BCUT2D eigenvalue weighted by Crippen LogP contribution is -2.29. The molecule has 1 saturated carbocycles. The molecule has 1 aliphatic rings. The molecular weight excluding hydrogens is 180 g/mol. The van der Waals surface area contributed by atoms with Crippen LogP contribution in [0.25, 0.3) is 0 Å². The lowest BCUT2D eigenvalue weighted by molar-refractivity contribution is -0.121. The Morgan fingerprint density at radius 1 is 1.71 bits per heavy atom. The van der Waals surface area contributed by atoms with E-state index in [9.17, 15) is 4.79 Å². The van der Waals surface area contributed by atoms with Crippen LogP contribution in [0.5, 0.6) is 0 Å². The van der Waals surface area contributed by atoms with E-state index in [1.165, 1.54) is 12.8 Å². The minimum Gasteiger partial charge on any atom is -0.369 e. The molecule has 0 bridgehead atoms. The van der Waals surface area contributed by atoms with Gasteiger partial charge in [0.1, 0.15) is 6.54 Å². The van der Waals surface area contributed by atoms with E-state index in [2.05, 4.69) is 10.3 Å². The molecule has 0 aromatic carbocycles. The fraction of sp³-hybridized carbons (Fsp3) is 0.556. The van der Waals surface area contributed by atoms with Crippen LogP contribution in [-0.4, -0.2) is 22.0 Å². The van der Waals surface area contributed by atoms with Crippen molar-refractivity contribution in [3.8, 4) is 0 Å². The van der Waals surface area contributed by atoms with Crippen LogP contribution < -0.4 is 11.1 Å². The molecule has 1 aliphatic carbocycles. The van der Waals surface area contributed by atoms with E-state index in [-0.39, 0.29) is 12.5 Å². The van der Waals surface area contributed by atoms with Crippen molar-refractivity contribution in [2.24, 2.45) is 5.92 Å². The zero-order valence-electron chi connectivity index (χ0n) is 7.94. The molecule has 5 nitrogen and oxygen atoms in total. The second-order valence-corrected chi connectivity index (χ2v) is 3.66. The van der Waals surface area contributed by atoms with Crippen molar-refractivity contribution in [2.75, 3.05) is 12.3 Å². The van der Waals surface area contributed by atoms with Gasteiger partial charge in [-0.05, 0) is 18.8 Å². The predicted molar refractivity (Wildman–Crippen MR) is 52.4 cm³/mol. The summed E-state index contributed by atoms with van der Waals surface area (Å²) in [5, 5.41) is 2.87. The molecule has 1 heterocycles. The molecule has 0 aliphatic heterocycles. The van der Waals surface area contributed by atoms with Gasteiger partial charge in [-0.25, -0.2) is 4.98 Å². The van der Waals surface area contributed by atoms with Crippen molar-refractivity contribution >= 4 is 11.9 Å².